The first kappa shape index (κ1) is 16.1. The van der Waals surface area contributed by atoms with Gasteiger partial charge in [0.1, 0.15) is 11.7 Å². The number of hydrogen-bond acceptors (Lipinski definition) is 3. The predicted octanol–water partition coefficient (Wildman–Crippen LogP) is 3.01. The first-order valence-electron chi connectivity index (χ1n) is 7.80. The van der Waals surface area contributed by atoms with Crippen LogP contribution >= 0.6 is 0 Å². The first-order chi connectivity index (χ1) is 11.5. The minimum absolute atomic E-state index is 0.101. The molecule has 0 aliphatic carbocycles. The van der Waals surface area contributed by atoms with Gasteiger partial charge in [-0.25, -0.2) is 0 Å². The second-order valence-electron chi connectivity index (χ2n) is 5.89. The number of carboxylic acids is 1. The number of carbonyl (C=O) groups is 2. The zero-order valence-corrected chi connectivity index (χ0v) is 13.6. The van der Waals surface area contributed by atoms with Crippen LogP contribution in [0.5, 0.6) is 5.75 Å². The summed E-state index contributed by atoms with van der Waals surface area (Å²) in [6.45, 7) is 2.01. The molecule has 1 amide bonds. The van der Waals surface area contributed by atoms with Crippen molar-refractivity contribution in [3.63, 3.8) is 0 Å². The topological polar surface area (TPSA) is 66.8 Å². The molecule has 0 radical (unpaired) electrons. The molecule has 3 rings (SSSR count). The van der Waals surface area contributed by atoms with Crippen molar-refractivity contribution in [2.75, 3.05) is 18.6 Å². The molecule has 1 aliphatic heterocycles. The zero-order valence-electron chi connectivity index (χ0n) is 13.6. The van der Waals surface area contributed by atoms with Crippen LogP contribution in [0.4, 0.5) is 5.69 Å². The fraction of sp³-hybridized carbons (Fsp3) is 0.263. The van der Waals surface area contributed by atoms with E-state index in [0.29, 0.717) is 11.3 Å². The standard InChI is InChI=1S/C19H19NO4/c1-12(13-7-9-14(24-2)10-8-13)18(21)20-11-16(19(22)23)15-5-3-4-6-17(15)20/h3-10,12,16H,11H2,1-2H3,(H,22,23)/t12-,16-/m1/s1. The van der Waals surface area contributed by atoms with Gasteiger partial charge in [0, 0.05) is 12.2 Å². The molecule has 0 saturated heterocycles. The van der Waals surface area contributed by atoms with Crippen LogP contribution in [0.3, 0.4) is 0 Å². The van der Waals surface area contributed by atoms with Crippen molar-refractivity contribution >= 4 is 17.6 Å². The van der Waals surface area contributed by atoms with Crippen LogP contribution < -0.4 is 9.64 Å². The van der Waals surface area contributed by atoms with Gasteiger partial charge in [-0.1, -0.05) is 30.3 Å². The number of hydrogen-bond donors (Lipinski definition) is 1. The van der Waals surface area contributed by atoms with E-state index in [2.05, 4.69) is 0 Å². The summed E-state index contributed by atoms with van der Waals surface area (Å²) in [4.78, 5) is 26.0. The summed E-state index contributed by atoms with van der Waals surface area (Å²) in [6, 6.07) is 14.6. The van der Waals surface area contributed by atoms with Crippen LogP contribution in [0.15, 0.2) is 48.5 Å². The maximum atomic E-state index is 12.9. The molecule has 0 spiro atoms. The van der Waals surface area contributed by atoms with Crippen molar-refractivity contribution in [3.8, 4) is 5.75 Å². The molecule has 0 saturated carbocycles. The number of carboxylic acid groups (broad SMARTS) is 1. The van der Waals surface area contributed by atoms with Crippen molar-refractivity contribution < 1.29 is 19.4 Å². The number of nitrogens with zero attached hydrogens (tertiary/aromatic N) is 1. The Bertz CT molecular complexity index is 769. The summed E-state index contributed by atoms with van der Waals surface area (Å²) in [5.74, 6) is -1.31. The van der Waals surface area contributed by atoms with Gasteiger partial charge >= 0.3 is 5.97 Å². The SMILES string of the molecule is COc1ccc([C@@H](C)C(=O)N2C[C@@H](C(=O)O)c3ccccc32)cc1. The van der Waals surface area contributed by atoms with Crippen molar-refractivity contribution in [1.29, 1.82) is 0 Å². The molecule has 1 aliphatic rings. The van der Waals surface area contributed by atoms with Gasteiger partial charge in [0.25, 0.3) is 0 Å². The monoisotopic (exact) mass is 325 g/mol. The fourth-order valence-electron chi connectivity index (χ4n) is 3.10. The highest BCUT2D eigenvalue weighted by molar-refractivity contribution is 6.02. The number of aliphatic carboxylic acids is 1. The second kappa shape index (κ2) is 6.35. The van der Waals surface area contributed by atoms with E-state index in [1.807, 2.05) is 37.3 Å². The summed E-state index contributed by atoms with van der Waals surface area (Å²) in [7, 11) is 1.59. The van der Waals surface area contributed by atoms with E-state index in [0.717, 1.165) is 11.3 Å². The van der Waals surface area contributed by atoms with Crippen LogP contribution in [-0.2, 0) is 9.59 Å². The van der Waals surface area contributed by atoms with Crippen LogP contribution in [0, 0.1) is 0 Å². The highest BCUT2D eigenvalue weighted by atomic mass is 16.5. The lowest BCUT2D eigenvalue weighted by molar-refractivity contribution is -0.138. The molecule has 1 heterocycles. The van der Waals surface area contributed by atoms with E-state index >= 15 is 0 Å². The lowest BCUT2D eigenvalue weighted by Gasteiger charge is -2.22. The number of benzene rings is 2. The van der Waals surface area contributed by atoms with E-state index in [-0.39, 0.29) is 18.4 Å². The molecule has 0 fully saturated rings. The van der Waals surface area contributed by atoms with Crippen molar-refractivity contribution in [2.45, 2.75) is 18.8 Å². The molecule has 5 nitrogen and oxygen atoms in total. The third-order valence-electron chi connectivity index (χ3n) is 4.52. The summed E-state index contributed by atoms with van der Waals surface area (Å²) in [5.41, 5.74) is 2.26. The fourth-order valence-corrected chi connectivity index (χ4v) is 3.10. The molecule has 5 heteroatoms. The Morgan fingerprint density at radius 3 is 2.46 bits per heavy atom. The number of anilines is 1. The molecular weight excluding hydrogens is 306 g/mol. The number of amides is 1. The van der Waals surface area contributed by atoms with Crippen LogP contribution in [0.1, 0.15) is 29.9 Å². The highest BCUT2D eigenvalue weighted by Gasteiger charge is 2.37. The number of fused-ring (bicyclic) bond motifs is 1. The molecule has 2 aromatic rings. The first-order valence-corrected chi connectivity index (χ1v) is 7.80. The van der Waals surface area contributed by atoms with Gasteiger partial charge in [-0.2, -0.15) is 0 Å². The Kier molecular flexibility index (Phi) is 4.25. The maximum absolute atomic E-state index is 12.9. The van der Waals surface area contributed by atoms with E-state index < -0.39 is 11.9 Å². The molecular formula is C19H19NO4. The van der Waals surface area contributed by atoms with Crippen molar-refractivity contribution in [3.05, 3.63) is 59.7 Å². The Hall–Kier alpha value is -2.82. The molecule has 0 aromatic heterocycles. The lowest BCUT2D eigenvalue weighted by Crippen LogP contribution is -2.34. The van der Waals surface area contributed by atoms with E-state index in [4.69, 9.17) is 4.74 Å². The number of ether oxygens (including phenoxy) is 1. The summed E-state index contributed by atoms with van der Waals surface area (Å²) < 4.78 is 5.14. The van der Waals surface area contributed by atoms with E-state index in [9.17, 15) is 14.7 Å². The van der Waals surface area contributed by atoms with Gasteiger partial charge < -0.3 is 14.7 Å². The predicted molar refractivity (Wildman–Crippen MR) is 90.6 cm³/mol. The van der Waals surface area contributed by atoms with Crippen molar-refractivity contribution in [1.82, 2.24) is 0 Å². The van der Waals surface area contributed by atoms with Crippen LogP contribution in [0.25, 0.3) is 0 Å². The molecule has 1 N–H and O–H groups in total. The van der Waals surface area contributed by atoms with Gasteiger partial charge in [-0.3, -0.25) is 9.59 Å². The molecule has 0 unspecified atom stereocenters. The Labute approximate surface area is 140 Å². The van der Waals surface area contributed by atoms with E-state index in [1.165, 1.54) is 0 Å². The van der Waals surface area contributed by atoms with Gasteiger partial charge in [0.2, 0.25) is 5.91 Å². The quantitative estimate of drug-likeness (QED) is 0.938. The normalized spacial score (nSPS) is 17.2. The summed E-state index contributed by atoms with van der Waals surface area (Å²) >= 11 is 0. The van der Waals surface area contributed by atoms with E-state index in [1.54, 1.807) is 30.2 Å². The molecule has 124 valence electrons. The van der Waals surface area contributed by atoms with Crippen molar-refractivity contribution in [2.24, 2.45) is 0 Å². The Morgan fingerprint density at radius 1 is 1.17 bits per heavy atom. The molecule has 0 bridgehead atoms. The number of carbonyl (C=O) groups excluding carboxylic acids is 1. The zero-order chi connectivity index (χ0) is 17.3. The maximum Gasteiger partial charge on any atom is 0.312 e. The number of para-hydroxylation sites is 1. The summed E-state index contributed by atoms with van der Waals surface area (Å²) in [6.07, 6.45) is 0. The summed E-state index contributed by atoms with van der Waals surface area (Å²) in [5, 5.41) is 9.42. The average molecular weight is 325 g/mol. The number of methoxy groups -OCH3 is 1. The Balaban J connectivity index is 1.88. The molecule has 24 heavy (non-hydrogen) atoms. The minimum atomic E-state index is -0.908. The molecule has 2 aromatic carbocycles. The smallest absolute Gasteiger partial charge is 0.312 e. The highest BCUT2D eigenvalue weighted by Crippen LogP contribution is 2.38. The van der Waals surface area contributed by atoms with Gasteiger partial charge in [0.05, 0.1) is 13.0 Å². The number of rotatable bonds is 4. The lowest BCUT2D eigenvalue weighted by atomic mass is 9.99. The van der Waals surface area contributed by atoms with Crippen LogP contribution in [-0.4, -0.2) is 30.6 Å². The average Bonchev–Trinajstić information content (AvgIpc) is 3.00. The third kappa shape index (κ3) is 2.73. The minimum Gasteiger partial charge on any atom is -0.497 e. The van der Waals surface area contributed by atoms with Gasteiger partial charge in [0.15, 0.2) is 0 Å². The van der Waals surface area contributed by atoms with Crippen LogP contribution in [0.2, 0.25) is 0 Å². The third-order valence-corrected chi connectivity index (χ3v) is 4.52. The second-order valence-corrected chi connectivity index (χ2v) is 5.89. The van der Waals surface area contributed by atoms with Gasteiger partial charge in [-0.15, -0.1) is 0 Å². The largest absolute Gasteiger partial charge is 0.497 e. The molecule has 2 atom stereocenters. The Morgan fingerprint density at radius 2 is 1.83 bits per heavy atom. The van der Waals surface area contributed by atoms with Gasteiger partial charge in [-0.05, 0) is 36.2 Å².